The van der Waals surface area contributed by atoms with Crippen LogP contribution in [0, 0.1) is 0 Å². The third kappa shape index (κ3) is 4.81. The molecule has 0 aliphatic rings. The first-order chi connectivity index (χ1) is 13.0. The first-order valence-electron chi connectivity index (χ1n) is 8.62. The molecule has 146 valence electrons. The second kappa shape index (κ2) is 7.43. The number of halogens is 4. The number of hydrogen-bond donors (Lipinski definition) is 1. The number of benzene rings is 2. The number of rotatable bonds is 3. The molecule has 1 N–H and O–H groups in total. The number of nitrogens with zero attached hydrogens (tertiary/aromatic N) is 2. The van der Waals surface area contributed by atoms with Gasteiger partial charge in [-0.05, 0) is 35.2 Å². The van der Waals surface area contributed by atoms with Crippen molar-refractivity contribution in [3.05, 3.63) is 70.9 Å². The van der Waals surface area contributed by atoms with Gasteiger partial charge >= 0.3 is 6.18 Å². The Morgan fingerprint density at radius 2 is 1.39 bits per heavy atom. The lowest BCUT2D eigenvalue weighted by atomic mass is 9.87. The summed E-state index contributed by atoms with van der Waals surface area (Å²) in [4.78, 5) is 8.49. The van der Waals surface area contributed by atoms with Crippen LogP contribution >= 0.6 is 11.6 Å². The highest BCUT2D eigenvalue weighted by atomic mass is 35.5. The summed E-state index contributed by atoms with van der Waals surface area (Å²) < 4.78 is 38.2. The van der Waals surface area contributed by atoms with Crippen LogP contribution in [0.3, 0.4) is 0 Å². The van der Waals surface area contributed by atoms with E-state index in [4.69, 9.17) is 11.6 Å². The van der Waals surface area contributed by atoms with Crippen LogP contribution in [0.15, 0.2) is 54.6 Å². The maximum absolute atomic E-state index is 12.7. The van der Waals surface area contributed by atoms with Gasteiger partial charge in [0.2, 0.25) is 0 Å². The molecule has 3 aromatic rings. The first-order valence-corrected chi connectivity index (χ1v) is 9.00. The average Bonchev–Trinajstić information content (AvgIpc) is 2.60. The summed E-state index contributed by atoms with van der Waals surface area (Å²) in [6, 6.07) is 14.2. The first kappa shape index (κ1) is 20.1. The van der Waals surface area contributed by atoms with Crippen molar-refractivity contribution in [2.45, 2.75) is 32.4 Å². The number of anilines is 2. The van der Waals surface area contributed by atoms with Crippen molar-refractivity contribution in [3.8, 4) is 11.4 Å². The molecule has 0 radical (unpaired) electrons. The quantitative estimate of drug-likeness (QED) is 0.484. The molecule has 0 bridgehead atoms. The molecule has 0 aliphatic carbocycles. The monoisotopic (exact) mass is 405 g/mol. The van der Waals surface area contributed by atoms with E-state index in [2.05, 4.69) is 36.1 Å². The van der Waals surface area contributed by atoms with Gasteiger partial charge in [0, 0.05) is 17.3 Å². The number of nitrogens with one attached hydrogen (secondary N) is 1. The van der Waals surface area contributed by atoms with Gasteiger partial charge < -0.3 is 5.32 Å². The fraction of sp³-hybridized carbons (Fsp3) is 0.238. The molecule has 28 heavy (non-hydrogen) atoms. The molecule has 1 heterocycles. The summed E-state index contributed by atoms with van der Waals surface area (Å²) in [6.45, 7) is 6.40. The fourth-order valence-electron chi connectivity index (χ4n) is 2.62. The Bertz CT molecular complexity index is 960. The lowest BCUT2D eigenvalue weighted by Gasteiger charge is -2.19. The van der Waals surface area contributed by atoms with Crippen molar-refractivity contribution in [2.75, 3.05) is 5.32 Å². The van der Waals surface area contributed by atoms with Crippen molar-refractivity contribution in [1.82, 2.24) is 9.97 Å². The Balaban J connectivity index is 1.85. The Labute approximate surface area is 166 Å². The second-order valence-corrected chi connectivity index (χ2v) is 7.81. The van der Waals surface area contributed by atoms with Gasteiger partial charge in [0.25, 0.3) is 0 Å². The van der Waals surface area contributed by atoms with Crippen LogP contribution in [0.5, 0.6) is 0 Å². The van der Waals surface area contributed by atoms with E-state index in [1.54, 1.807) is 6.07 Å². The number of aromatic nitrogens is 2. The van der Waals surface area contributed by atoms with Gasteiger partial charge in [-0.25, -0.2) is 9.97 Å². The SMILES string of the molecule is CC(C)(C)c1ccc(Nc2cc(Cl)nc(-c3ccc(C(F)(F)F)cc3)n2)cc1. The number of hydrogen-bond acceptors (Lipinski definition) is 3. The predicted molar refractivity (Wildman–Crippen MR) is 106 cm³/mol. The predicted octanol–water partition coefficient (Wildman–Crippen LogP) is 6.86. The molecule has 0 aliphatic heterocycles. The fourth-order valence-corrected chi connectivity index (χ4v) is 2.80. The minimum absolute atomic E-state index is 0.0481. The van der Waals surface area contributed by atoms with Gasteiger partial charge in [0.15, 0.2) is 5.82 Å². The van der Waals surface area contributed by atoms with Crippen LogP contribution in [0.2, 0.25) is 5.15 Å². The standard InChI is InChI=1S/C21H19ClF3N3/c1-20(2,3)14-8-10-16(11-9-14)26-18-12-17(22)27-19(28-18)13-4-6-15(7-5-13)21(23,24)25/h4-12H,1-3H3,(H,26,27,28). The molecule has 3 rings (SSSR count). The molecule has 0 unspecified atom stereocenters. The van der Waals surface area contributed by atoms with Crippen LogP contribution in [0.4, 0.5) is 24.7 Å². The zero-order valence-corrected chi connectivity index (χ0v) is 16.4. The summed E-state index contributed by atoms with van der Waals surface area (Å²) in [6.07, 6.45) is -4.39. The minimum Gasteiger partial charge on any atom is -0.340 e. The molecule has 2 aromatic carbocycles. The summed E-state index contributed by atoms with van der Waals surface area (Å²) in [7, 11) is 0. The lowest BCUT2D eigenvalue weighted by Crippen LogP contribution is -2.10. The maximum Gasteiger partial charge on any atom is 0.416 e. The van der Waals surface area contributed by atoms with E-state index in [1.807, 2.05) is 24.3 Å². The molecule has 0 saturated heterocycles. The summed E-state index contributed by atoms with van der Waals surface area (Å²) in [5, 5.41) is 3.35. The highest BCUT2D eigenvalue weighted by Crippen LogP contribution is 2.31. The molecule has 1 aromatic heterocycles. The molecule has 0 spiro atoms. The van der Waals surface area contributed by atoms with E-state index in [0.29, 0.717) is 11.4 Å². The van der Waals surface area contributed by atoms with Crippen LogP contribution in [-0.2, 0) is 11.6 Å². The van der Waals surface area contributed by atoms with Crippen LogP contribution in [0.25, 0.3) is 11.4 Å². The highest BCUT2D eigenvalue weighted by molar-refractivity contribution is 6.29. The molecule has 0 saturated carbocycles. The van der Waals surface area contributed by atoms with Crippen LogP contribution in [0.1, 0.15) is 31.9 Å². The Morgan fingerprint density at radius 1 is 0.821 bits per heavy atom. The van der Waals surface area contributed by atoms with Crippen molar-refractivity contribution in [3.63, 3.8) is 0 Å². The van der Waals surface area contributed by atoms with E-state index < -0.39 is 11.7 Å². The maximum atomic E-state index is 12.7. The van der Waals surface area contributed by atoms with Crippen molar-refractivity contribution in [2.24, 2.45) is 0 Å². The topological polar surface area (TPSA) is 37.8 Å². The molecular formula is C21H19ClF3N3. The smallest absolute Gasteiger partial charge is 0.340 e. The summed E-state index contributed by atoms with van der Waals surface area (Å²) in [5.74, 6) is 0.702. The third-order valence-corrected chi connectivity index (χ3v) is 4.38. The zero-order valence-electron chi connectivity index (χ0n) is 15.6. The molecular weight excluding hydrogens is 387 g/mol. The molecule has 3 nitrogen and oxygen atoms in total. The Hall–Kier alpha value is -2.60. The van der Waals surface area contributed by atoms with Gasteiger partial charge in [0.1, 0.15) is 11.0 Å². The van der Waals surface area contributed by atoms with Crippen molar-refractivity contribution < 1.29 is 13.2 Å². The summed E-state index contributed by atoms with van der Waals surface area (Å²) in [5.41, 5.74) is 1.79. The van der Waals surface area contributed by atoms with Gasteiger partial charge in [-0.1, -0.05) is 56.6 Å². The minimum atomic E-state index is -4.39. The van der Waals surface area contributed by atoms with Crippen molar-refractivity contribution in [1.29, 1.82) is 0 Å². The average molecular weight is 406 g/mol. The van der Waals surface area contributed by atoms with E-state index in [1.165, 1.54) is 17.7 Å². The highest BCUT2D eigenvalue weighted by Gasteiger charge is 2.30. The second-order valence-electron chi connectivity index (χ2n) is 7.43. The Morgan fingerprint density at radius 3 is 1.93 bits per heavy atom. The van der Waals surface area contributed by atoms with E-state index in [-0.39, 0.29) is 16.4 Å². The van der Waals surface area contributed by atoms with E-state index in [0.717, 1.165) is 17.8 Å². The number of alkyl halides is 3. The third-order valence-electron chi connectivity index (χ3n) is 4.19. The van der Waals surface area contributed by atoms with Crippen LogP contribution < -0.4 is 5.32 Å². The van der Waals surface area contributed by atoms with Gasteiger partial charge in [-0.2, -0.15) is 13.2 Å². The van der Waals surface area contributed by atoms with E-state index in [9.17, 15) is 13.2 Å². The zero-order chi connectivity index (χ0) is 20.5. The van der Waals surface area contributed by atoms with E-state index >= 15 is 0 Å². The largest absolute Gasteiger partial charge is 0.416 e. The molecule has 0 atom stereocenters. The van der Waals surface area contributed by atoms with Gasteiger partial charge in [-0.15, -0.1) is 0 Å². The molecule has 0 fully saturated rings. The molecule has 0 amide bonds. The lowest BCUT2D eigenvalue weighted by molar-refractivity contribution is -0.137. The summed E-state index contributed by atoms with van der Waals surface area (Å²) >= 11 is 6.08. The van der Waals surface area contributed by atoms with Crippen molar-refractivity contribution >= 4 is 23.1 Å². The normalized spacial score (nSPS) is 12.1. The van der Waals surface area contributed by atoms with Crippen LogP contribution in [-0.4, -0.2) is 9.97 Å². The Kier molecular flexibility index (Phi) is 5.35. The molecule has 7 heteroatoms. The van der Waals surface area contributed by atoms with Gasteiger partial charge in [-0.3, -0.25) is 0 Å². The van der Waals surface area contributed by atoms with Gasteiger partial charge in [0.05, 0.1) is 5.56 Å².